The van der Waals surface area contributed by atoms with Gasteiger partial charge in [0.2, 0.25) is 0 Å². The Morgan fingerprint density at radius 1 is 1.25 bits per heavy atom. The molecule has 0 aromatic heterocycles. The highest BCUT2D eigenvalue weighted by molar-refractivity contribution is 5.96. The van der Waals surface area contributed by atoms with Crippen molar-refractivity contribution in [1.29, 1.82) is 0 Å². The monoisotopic (exact) mass is 278 g/mol. The molecule has 20 heavy (non-hydrogen) atoms. The van der Waals surface area contributed by atoms with Crippen molar-refractivity contribution in [3.05, 3.63) is 29.8 Å². The van der Waals surface area contributed by atoms with Crippen LogP contribution in [0.4, 0.5) is 4.79 Å². The molecule has 0 bridgehead atoms. The molecule has 1 aliphatic rings. The zero-order valence-corrected chi connectivity index (χ0v) is 11.4. The molecule has 108 valence electrons. The predicted molar refractivity (Wildman–Crippen MR) is 72.4 cm³/mol. The SMILES string of the molecule is CCOc1ccccc1C(=O)NOC(=O)N1CCCC1. The molecular formula is C14H18N2O4. The van der Waals surface area contributed by atoms with Crippen LogP contribution >= 0.6 is 0 Å². The van der Waals surface area contributed by atoms with Crippen LogP contribution in [0.5, 0.6) is 5.75 Å². The molecule has 1 aliphatic heterocycles. The molecule has 1 N–H and O–H groups in total. The van der Waals surface area contributed by atoms with Crippen molar-refractivity contribution in [3.63, 3.8) is 0 Å². The van der Waals surface area contributed by atoms with Gasteiger partial charge in [-0.05, 0) is 31.9 Å². The topological polar surface area (TPSA) is 67.9 Å². The first-order valence-electron chi connectivity index (χ1n) is 6.70. The van der Waals surface area contributed by atoms with Gasteiger partial charge in [-0.3, -0.25) is 4.79 Å². The minimum atomic E-state index is -0.523. The largest absolute Gasteiger partial charge is 0.493 e. The van der Waals surface area contributed by atoms with Crippen LogP contribution in [0.25, 0.3) is 0 Å². The van der Waals surface area contributed by atoms with Gasteiger partial charge in [0.1, 0.15) is 5.75 Å². The van der Waals surface area contributed by atoms with Gasteiger partial charge in [0.25, 0.3) is 5.91 Å². The van der Waals surface area contributed by atoms with E-state index >= 15 is 0 Å². The minimum Gasteiger partial charge on any atom is -0.493 e. The van der Waals surface area contributed by atoms with Crippen LogP contribution in [0.15, 0.2) is 24.3 Å². The van der Waals surface area contributed by atoms with Gasteiger partial charge in [-0.15, -0.1) is 0 Å². The Morgan fingerprint density at radius 3 is 2.65 bits per heavy atom. The Hall–Kier alpha value is -2.24. The standard InChI is InChI=1S/C14H18N2O4/c1-2-19-12-8-4-3-7-11(12)13(17)15-20-14(18)16-9-5-6-10-16/h3-4,7-8H,2,5-6,9-10H2,1H3,(H,15,17). The lowest BCUT2D eigenvalue weighted by Gasteiger charge is -2.15. The van der Waals surface area contributed by atoms with E-state index in [0.717, 1.165) is 12.8 Å². The third-order valence-corrected chi connectivity index (χ3v) is 3.03. The molecule has 2 amide bonds. The maximum atomic E-state index is 12.0. The van der Waals surface area contributed by atoms with Crippen molar-refractivity contribution >= 4 is 12.0 Å². The maximum Gasteiger partial charge on any atom is 0.434 e. The molecule has 2 rings (SSSR count). The number of nitrogens with zero attached hydrogens (tertiary/aromatic N) is 1. The maximum absolute atomic E-state index is 12.0. The molecule has 0 aliphatic carbocycles. The Kier molecular flexibility index (Phi) is 4.81. The second-order valence-electron chi connectivity index (χ2n) is 4.42. The third kappa shape index (κ3) is 3.40. The number of benzene rings is 1. The van der Waals surface area contributed by atoms with Crippen LogP contribution in [0.2, 0.25) is 0 Å². The second kappa shape index (κ2) is 6.79. The summed E-state index contributed by atoms with van der Waals surface area (Å²) in [5, 5.41) is 0. The van der Waals surface area contributed by atoms with Crippen molar-refractivity contribution < 1.29 is 19.2 Å². The van der Waals surface area contributed by atoms with Crippen LogP contribution in [-0.2, 0) is 4.84 Å². The van der Waals surface area contributed by atoms with Gasteiger partial charge >= 0.3 is 6.09 Å². The summed E-state index contributed by atoms with van der Waals surface area (Å²) in [4.78, 5) is 30.0. The second-order valence-corrected chi connectivity index (χ2v) is 4.42. The van der Waals surface area contributed by atoms with Crippen molar-refractivity contribution in [2.24, 2.45) is 0 Å². The summed E-state index contributed by atoms with van der Waals surface area (Å²) >= 11 is 0. The number of carbonyl (C=O) groups excluding carboxylic acids is 2. The number of para-hydroxylation sites is 1. The lowest BCUT2D eigenvalue weighted by Crippen LogP contribution is -2.35. The van der Waals surface area contributed by atoms with Crippen molar-refractivity contribution in [3.8, 4) is 5.75 Å². The normalized spacial score (nSPS) is 13.9. The molecule has 0 radical (unpaired) electrons. The molecule has 6 heteroatoms. The van der Waals surface area contributed by atoms with Crippen molar-refractivity contribution in [2.45, 2.75) is 19.8 Å². The van der Waals surface area contributed by atoms with E-state index < -0.39 is 12.0 Å². The van der Waals surface area contributed by atoms with Gasteiger partial charge in [0, 0.05) is 13.1 Å². The summed E-state index contributed by atoms with van der Waals surface area (Å²) in [5.41, 5.74) is 2.50. The van der Waals surface area contributed by atoms with Crippen LogP contribution in [0, 0.1) is 0 Å². The number of hydrogen-bond acceptors (Lipinski definition) is 4. The van der Waals surface area contributed by atoms with E-state index in [1.807, 2.05) is 6.92 Å². The number of likely N-dealkylation sites (tertiary alicyclic amines) is 1. The van der Waals surface area contributed by atoms with Gasteiger partial charge in [-0.25, -0.2) is 4.79 Å². The quantitative estimate of drug-likeness (QED) is 0.858. The molecule has 0 unspecified atom stereocenters. The number of rotatable bonds is 3. The number of carbonyl (C=O) groups is 2. The molecule has 0 atom stereocenters. The Balaban J connectivity index is 1.92. The number of hydroxylamine groups is 1. The highest BCUT2D eigenvalue weighted by Gasteiger charge is 2.21. The molecule has 6 nitrogen and oxygen atoms in total. The van der Waals surface area contributed by atoms with Crippen molar-refractivity contribution in [2.75, 3.05) is 19.7 Å². The zero-order chi connectivity index (χ0) is 14.4. The fraction of sp³-hybridized carbons (Fsp3) is 0.429. The summed E-state index contributed by atoms with van der Waals surface area (Å²) in [6.07, 6.45) is 1.41. The first-order valence-corrected chi connectivity index (χ1v) is 6.70. The molecule has 0 spiro atoms. The number of nitrogens with one attached hydrogen (secondary N) is 1. The number of amides is 2. The van der Waals surface area contributed by atoms with E-state index in [4.69, 9.17) is 9.57 Å². The average Bonchev–Trinajstić information content (AvgIpc) is 2.99. The van der Waals surface area contributed by atoms with E-state index in [1.54, 1.807) is 29.2 Å². The molecule has 1 aromatic carbocycles. The van der Waals surface area contributed by atoms with E-state index in [1.165, 1.54) is 0 Å². The van der Waals surface area contributed by atoms with Crippen LogP contribution in [0.3, 0.4) is 0 Å². The lowest BCUT2D eigenvalue weighted by molar-refractivity contribution is 0.0448. The van der Waals surface area contributed by atoms with Gasteiger partial charge in [-0.1, -0.05) is 12.1 Å². The summed E-state index contributed by atoms with van der Waals surface area (Å²) in [7, 11) is 0. The predicted octanol–water partition coefficient (Wildman–Crippen LogP) is 1.96. The van der Waals surface area contributed by atoms with E-state index in [2.05, 4.69) is 5.48 Å². The van der Waals surface area contributed by atoms with Gasteiger partial charge in [-0.2, -0.15) is 5.48 Å². The first-order chi connectivity index (χ1) is 9.72. The highest BCUT2D eigenvalue weighted by Crippen LogP contribution is 2.17. The van der Waals surface area contributed by atoms with Crippen LogP contribution < -0.4 is 10.2 Å². The van der Waals surface area contributed by atoms with E-state index in [0.29, 0.717) is 31.0 Å². The van der Waals surface area contributed by atoms with E-state index in [-0.39, 0.29) is 0 Å². The minimum absolute atomic E-state index is 0.337. The van der Waals surface area contributed by atoms with Gasteiger partial charge in [0.15, 0.2) is 0 Å². The Bertz CT molecular complexity index is 484. The molecule has 1 saturated heterocycles. The number of hydrogen-bond donors (Lipinski definition) is 1. The summed E-state index contributed by atoms with van der Waals surface area (Å²) in [5.74, 6) is -0.0358. The summed E-state index contributed by atoms with van der Waals surface area (Å²) in [6.45, 7) is 3.63. The van der Waals surface area contributed by atoms with Crippen LogP contribution in [-0.4, -0.2) is 36.6 Å². The smallest absolute Gasteiger partial charge is 0.434 e. The van der Waals surface area contributed by atoms with Crippen LogP contribution in [0.1, 0.15) is 30.1 Å². The fourth-order valence-electron chi connectivity index (χ4n) is 2.04. The van der Waals surface area contributed by atoms with Crippen molar-refractivity contribution in [1.82, 2.24) is 10.4 Å². The molecule has 1 heterocycles. The third-order valence-electron chi connectivity index (χ3n) is 3.03. The average molecular weight is 278 g/mol. The number of ether oxygens (including phenoxy) is 1. The Labute approximate surface area is 117 Å². The Morgan fingerprint density at radius 2 is 1.95 bits per heavy atom. The molecular weight excluding hydrogens is 260 g/mol. The first kappa shape index (κ1) is 14.2. The van der Waals surface area contributed by atoms with E-state index in [9.17, 15) is 9.59 Å². The van der Waals surface area contributed by atoms with Gasteiger partial charge in [0.05, 0.1) is 12.2 Å². The molecule has 1 fully saturated rings. The zero-order valence-electron chi connectivity index (χ0n) is 11.4. The molecule has 1 aromatic rings. The van der Waals surface area contributed by atoms with Gasteiger partial charge < -0.3 is 14.5 Å². The molecule has 0 saturated carbocycles. The summed E-state index contributed by atoms with van der Waals surface area (Å²) in [6, 6.07) is 6.81. The lowest BCUT2D eigenvalue weighted by atomic mass is 10.2. The fourth-order valence-corrected chi connectivity index (χ4v) is 2.04. The summed E-state index contributed by atoms with van der Waals surface area (Å²) < 4.78 is 5.35. The highest BCUT2D eigenvalue weighted by atomic mass is 16.7.